The zero-order chi connectivity index (χ0) is 15.1. The van der Waals surface area contributed by atoms with Gasteiger partial charge in [-0.3, -0.25) is 4.79 Å². The summed E-state index contributed by atoms with van der Waals surface area (Å²) in [5, 5.41) is 12.6. The first-order valence-corrected chi connectivity index (χ1v) is 7.30. The number of nitrogens with one attached hydrogen (secondary N) is 1. The Hall–Kier alpha value is -1.83. The van der Waals surface area contributed by atoms with Crippen molar-refractivity contribution in [2.45, 2.75) is 30.8 Å². The molecule has 0 aliphatic carbocycles. The summed E-state index contributed by atoms with van der Waals surface area (Å²) in [5.74, 6) is 1.25. The highest BCUT2D eigenvalue weighted by molar-refractivity contribution is 5.79. The van der Waals surface area contributed by atoms with Crippen LogP contribution in [0, 0.1) is 0 Å². The summed E-state index contributed by atoms with van der Waals surface area (Å²) in [6.45, 7) is 0.830. The van der Waals surface area contributed by atoms with E-state index in [9.17, 15) is 9.90 Å². The molecule has 0 bridgehead atoms. The third-order valence-electron chi connectivity index (χ3n) is 4.18. The molecule has 7 nitrogen and oxygen atoms in total. The van der Waals surface area contributed by atoms with Gasteiger partial charge in [0.2, 0.25) is 12.7 Å². The fraction of sp³-hybridized carbons (Fsp3) is 0.533. The van der Waals surface area contributed by atoms with Crippen LogP contribution in [0.3, 0.4) is 0 Å². The lowest BCUT2D eigenvalue weighted by atomic mass is 10.1. The van der Waals surface area contributed by atoms with Crippen molar-refractivity contribution in [1.29, 1.82) is 0 Å². The van der Waals surface area contributed by atoms with Crippen LogP contribution >= 0.6 is 0 Å². The first-order chi connectivity index (χ1) is 10.7. The molecule has 0 saturated carbocycles. The average molecular weight is 307 g/mol. The van der Waals surface area contributed by atoms with E-state index in [0.29, 0.717) is 18.1 Å². The second kappa shape index (κ2) is 5.42. The van der Waals surface area contributed by atoms with Gasteiger partial charge in [-0.05, 0) is 17.7 Å². The van der Waals surface area contributed by atoms with Gasteiger partial charge in [-0.1, -0.05) is 6.07 Å². The van der Waals surface area contributed by atoms with E-state index in [4.69, 9.17) is 18.9 Å². The second-order valence-electron chi connectivity index (χ2n) is 5.70. The number of amides is 1. The fourth-order valence-electron chi connectivity index (χ4n) is 3.10. The van der Waals surface area contributed by atoms with Gasteiger partial charge in [0, 0.05) is 0 Å². The van der Waals surface area contributed by atoms with Crippen LogP contribution in [0.1, 0.15) is 5.56 Å². The quantitative estimate of drug-likeness (QED) is 0.790. The van der Waals surface area contributed by atoms with Crippen LogP contribution in [0.25, 0.3) is 0 Å². The van der Waals surface area contributed by atoms with Gasteiger partial charge in [0.25, 0.3) is 0 Å². The van der Waals surface area contributed by atoms with Crippen molar-refractivity contribution in [3.8, 4) is 11.5 Å². The van der Waals surface area contributed by atoms with Gasteiger partial charge >= 0.3 is 0 Å². The number of benzene rings is 1. The van der Waals surface area contributed by atoms with Crippen LogP contribution in [0.2, 0.25) is 0 Å². The van der Waals surface area contributed by atoms with Crippen LogP contribution in [-0.2, 0) is 20.7 Å². The van der Waals surface area contributed by atoms with Gasteiger partial charge in [-0.25, -0.2) is 0 Å². The molecule has 2 N–H and O–H groups in total. The summed E-state index contributed by atoms with van der Waals surface area (Å²) in [5.41, 5.74) is 0.851. The molecule has 1 amide bonds. The third kappa shape index (κ3) is 2.41. The van der Waals surface area contributed by atoms with Crippen molar-refractivity contribution in [2.24, 2.45) is 0 Å². The molecular formula is C15H17NO6. The van der Waals surface area contributed by atoms with Gasteiger partial charge in [-0.2, -0.15) is 0 Å². The highest BCUT2D eigenvalue weighted by Crippen LogP contribution is 2.32. The number of carbonyl (C=O) groups is 1. The van der Waals surface area contributed by atoms with Crippen molar-refractivity contribution < 1.29 is 28.8 Å². The molecule has 1 aromatic rings. The summed E-state index contributed by atoms with van der Waals surface area (Å²) >= 11 is 0. The minimum Gasteiger partial charge on any atom is -0.454 e. The summed E-state index contributed by atoms with van der Waals surface area (Å²) in [4.78, 5) is 12.2. The Kier molecular flexibility index (Phi) is 3.40. The Morgan fingerprint density at radius 1 is 1.18 bits per heavy atom. The summed E-state index contributed by atoms with van der Waals surface area (Å²) in [6, 6.07) is 5.24. The Bertz CT molecular complexity index is 591. The number of hydrogen-bond acceptors (Lipinski definition) is 6. The molecule has 22 heavy (non-hydrogen) atoms. The average Bonchev–Trinajstić information content (AvgIpc) is 3.18. The number of hydrogen-bond donors (Lipinski definition) is 2. The molecule has 2 saturated heterocycles. The Balaban J connectivity index is 1.37. The minimum atomic E-state index is -0.610. The van der Waals surface area contributed by atoms with E-state index in [2.05, 4.69) is 5.32 Å². The number of aliphatic hydroxyl groups is 1. The van der Waals surface area contributed by atoms with Crippen LogP contribution in [0.5, 0.6) is 11.5 Å². The van der Waals surface area contributed by atoms with Crippen LogP contribution < -0.4 is 14.8 Å². The molecule has 3 aliphatic heterocycles. The molecule has 1 aromatic carbocycles. The topological polar surface area (TPSA) is 86.3 Å². The summed E-state index contributed by atoms with van der Waals surface area (Å²) < 4.78 is 21.5. The molecule has 118 valence electrons. The van der Waals surface area contributed by atoms with Crippen LogP contribution in [0.4, 0.5) is 0 Å². The van der Waals surface area contributed by atoms with Gasteiger partial charge in [0.1, 0.15) is 18.3 Å². The molecule has 0 aromatic heterocycles. The first-order valence-electron chi connectivity index (χ1n) is 7.30. The van der Waals surface area contributed by atoms with Crippen molar-refractivity contribution in [1.82, 2.24) is 5.32 Å². The maximum atomic E-state index is 12.2. The molecule has 0 spiro atoms. The predicted octanol–water partition coefficient (Wildman–Crippen LogP) is -0.399. The fourth-order valence-corrected chi connectivity index (χ4v) is 3.10. The van der Waals surface area contributed by atoms with Crippen LogP contribution in [-0.4, -0.2) is 55.4 Å². The molecule has 3 heterocycles. The first kappa shape index (κ1) is 13.8. The van der Waals surface area contributed by atoms with E-state index in [1.165, 1.54) is 0 Å². The molecule has 7 heteroatoms. The lowest BCUT2D eigenvalue weighted by molar-refractivity contribution is -0.121. The van der Waals surface area contributed by atoms with E-state index in [0.717, 1.165) is 5.56 Å². The van der Waals surface area contributed by atoms with E-state index < -0.39 is 6.10 Å². The molecule has 0 radical (unpaired) electrons. The maximum Gasteiger partial charge on any atom is 0.231 e. The highest BCUT2D eigenvalue weighted by Gasteiger charge is 2.47. The standard InChI is InChI=1S/C15H17NO6/c17-10-6-20-14-9(5-19-15(10)14)16-13(18)4-8-1-2-11-12(3-8)22-7-21-11/h1-3,9-10,14-15,17H,4-7H2,(H,16,18)/t9-,10-,14-,15-/m1/s1. The van der Waals surface area contributed by atoms with Crippen molar-refractivity contribution in [3.63, 3.8) is 0 Å². The van der Waals surface area contributed by atoms with Crippen molar-refractivity contribution >= 4 is 5.91 Å². The Morgan fingerprint density at radius 2 is 2.00 bits per heavy atom. The predicted molar refractivity (Wildman–Crippen MR) is 73.7 cm³/mol. The third-order valence-corrected chi connectivity index (χ3v) is 4.18. The van der Waals surface area contributed by atoms with Gasteiger partial charge < -0.3 is 29.4 Å². The molecule has 4 atom stereocenters. The van der Waals surface area contributed by atoms with E-state index in [1.54, 1.807) is 6.07 Å². The van der Waals surface area contributed by atoms with E-state index >= 15 is 0 Å². The van der Waals surface area contributed by atoms with E-state index in [1.807, 2.05) is 12.1 Å². The zero-order valence-electron chi connectivity index (χ0n) is 11.9. The lowest BCUT2D eigenvalue weighted by Crippen LogP contribution is -2.44. The van der Waals surface area contributed by atoms with Gasteiger partial charge in [0.05, 0.1) is 25.7 Å². The SMILES string of the molecule is O=C(Cc1ccc2c(c1)OCO2)N[C@@H]1CO[C@H]2[C@@H]1OC[C@H]2O. The molecule has 3 aliphatic rings. The number of carbonyl (C=O) groups excluding carboxylic acids is 1. The molecule has 2 fully saturated rings. The number of ether oxygens (including phenoxy) is 4. The maximum absolute atomic E-state index is 12.2. The summed E-state index contributed by atoms with van der Waals surface area (Å²) in [7, 11) is 0. The van der Waals surface area contributed by atoms with Crippen molar-refractivity contribution in [3.05, 3.63) is 23.8 Å². The molecule has 0 unspecified atom stereocenters. The van der Waals surface area contributed by atoms with Gasteiger partial charge in [0.15, 0.2) is 11.5 Å². The molecular weight excluding hydrogens is 290 g/mol. The minimum absolute atomic E-state index is 0.113. The Morgan fingerprint density at radius 3 is 2.91 bits per heavy atom. The van der Waals surface area contributed by atoms with Gasteiger partial charge in [-0.15, -0.1) is 0 Å². The smallest absolute Gasteiger partial charge is 0.231 e. The normalized spacial score (nSPS) is 32.0. The Labute approximate surface area is 127 Å². The zero-order valence-corrected chi connectivity index (χ0v) is 11.9. The summed E-state index contributed by atoms with van der Waals surface area (Å²) in [6.07, 6.45) is -0.972. The number of fused-ring (bicyclic) bond motifs is 2. The molecule has 4 rings (SSSR count). The monoisotopic (exact) mass is 307 g/mol. The highest BCUT2D eigenvalue weighted by atomic mass is 16.7. The number of aliphatic hydroxyl groups excluding tert-OH is 1. The second-order valence-corrected chi connectivity index (χ2v) is 5.70. The van der Waals surface area contributed by atoms with Crippen molar-refractivity contribution in [2.75, 3.05) is 20.0 Å². The van der Waals surface area contributed by atoms with E-state index in [-0.39, 0.29) is 44.0 Å². The largest absolute Gasteiger partial charge is 0.454 e. The number of rotatable bonds is 3. The lowest BCUT2D eigenvalue weighted by Gasteiger charge is -2.17. The van der Waals surface area contributed by atoms with Crippen LogP contribution in [0.15, 0.2) is 18.2 Å².